The van der Waals surface area contributed by atoms with E-state index in [0.717, 1.165) is 33.4 Å². The second kappa shape index (κ2) is 6.00. The molecule has 0 fully saturated rings. The van der Waals surface area contributed by atoms with E-state index in [-0.39, 0.29) is 0 Å². The summed E-state index contributed by atoms with van der Waals surface area (Å²) < 4.78 is 12.8. The van der Waals surface area contributed by atoms with E-state index in [1.807, 2.05) is 54.6 Å². The zero-order valence-electron chi connectivity index (χ0n) is 13.0. The third-order valence-corrected chi connectivity index (χ3v) is 3.66. The van der Waals surface area contributed by atoms with Crippen LogP contribution in [0.4, 0.5) is 0 Å². The molecule has 24 heavy (non-hydrogen) atoms. The number of ether oxygens (including phenoxy) is 1. The van der Waals surface area contributed by atoms with Gasteiger partial charge in [-0.25, -0.2) is 4.68 Å². The molecule has 0 aliphatic carbocycles. The third kappa shape index (κ3) is 2.65. The van der Waals surface area contributed by atoms with Crippen LogP contribution >= 0.6 is 0 Å². The van der Waals surface area contributed by atoms with Crippen molar-refractivity contribution in [3.8, 4) is 17.1 Å². The number of nitrogens with zero attached hydrogens (tertiary/aromatic N) is 4. The van der Waals surface area contributed by atoms with Crippen molar-refractivity contribution in [1.82, 2.24) is 14.9 Å². The SMILES string of the molecule is COc1ccc(-c2c/c(=N/n3cnnc3)c3ccccc3o2)cc1. The average Bonchev–Trinajstić information content (AvgIpc) is 3.15. The molecular formula is C18H14N4O2. The summed E-state index contributed by atoms with van der Waals surface area (Å²) in [7, 11) is 1.64. The molecule has 0 N–H and O–H groups in total. The fourth-order valence-corrected chi connectivity index (χ4v) is 2.47. The highest BCUT2D eigenvalue weighted by Gasteiger charge is 2.06. The monoisotopic (exact) mass is 318 g/mol. The number of fused-ring (bicyclic) bond motifs is 1. The molecule has 0 bridgehead atoms. The van der Waals surface area contributed by atoms with Gasteiger partial charge in [0.2, 0.25) is 0 Å². The average molecular weight is 318 g/mol. The molecular weight excluding hydrogens is 304 g/mol. The zero-order valence-corrected chi connectivity index (χ0v) is 13.0. The first-order valence-corrected chi connectivity index (χ1v) is 7.40. The van der Waals surface area contributed by atoms with E-state index in [2.05, 4.69) is 15.3 Å². The normalized spacial score (nSPS) is 11.8. The molecule has 4 aromatic rings. The standard InChI is InChI=1S/C18H14N4O2/c1-23-14-8-6-13(7-9-14)18-10-16(21-22-11-19-20-12-22)15-4-2-3-5-17(15)24-18/h2-12H,1H3/b21-16-. The van der Waals surface area contributed by atoms with Crippen molar-refractivity contribution in [2.24, 2.45) is 5.10 Å². The fourth-order valence-electron chi connectivity index (χ4n) is 2.47. The Bertz CT molecular complexity index is 1030. The van der Waals surface area contributed by atoms with Crippen LogP contribution in [-0.2, 0) is 0 Å². The lowest BCUT2D eigenvalue weighted by Crippen LogP contribution is -2.06. The Hall–Kier alpha value is -3.41. The third-order valence-electron chi connectivity index (χ3n) is 3.66. The molecule has 0 spiro atoms. The van der Waals surface area contributed by atoms with Gasteiger partial charge in [0, 0.05) is 17.0 Å². The van der Waals surface area contributed by atoms with Crippen LogP contribution in [0.2, 0.25) is 0 Å². The lowest BCUT2D eigenvalue weighted by molar-refractivity contribution is 0.415. The van der Waals surface area contributed by atoms with Gasteiger partial charge in [-0.3, -0.25) is 0 Å². The van der Waals surface area contributed by atoms with Crippen LogP contribution in [0.5, 0.6) is 5.75 Å². The molecule has 0 amide bonds. The van der Waals surface area contributed by atoms with E-state index >= 15 is 0 Å². The molecule has 0 aliphatic heterocycles. The smallest absolute Gasteiger partial charge is 0.141 e. The van der Waals surface area contributed by atoms with Gasteiger partial charge >= 0.3 is 0 Å². The first-order chi connectivity index (χ1) is 11.8. The number of benzene rings is 2. The number of hydrogen-bond donors (Lipinski definition) is 0. The molecule has 0 saturated carbocycles. The topological polar surface area (TPSA) is 65.4 Å². The molecule has 2 aromatic carbocycles. The number of para-hydroxylation sites is 1. The Balaban J connectivity index is 1.94. The molecule has 0 unspecified atom stereocenters. The summed E-state index contributed by atoms with van der Waals surface area (Å²) in [5, 5.41) is 13.8. The van der Waals surface area contributed by atoms with E-state index in [4.69, 9.17) is 9.15 Å². The summed E-state index contributed by atoms with van der Waals surface area (Å²) in [5.41, 5.74) is 1.71. The van der Waals surface area contributed by atoms with Crippen LogP contribution < -0.4 is 10.1 Å². The van der Waals surface area contributed by atoms with E-state index in [0.29, 0.717) is 0 Å². The van der Waals surface area contributed by atoms with Crippen molar-refractivity contribution >= 4 is 11.0 Å². The highest BCUT2D eigenvalue weighted by molar-refractivity contribution is 5.78. The highest BCUT2D eigenvalue weighted by Crippen LogP contribution is 2.24. The molecule has 2 heterocycles. The molecule has 2 aromatic heterocycles. The van der Waals surface area contributed by atoms with E-state index in [1.54, 1.807) is 24.4 Å². The Morgan fingerprint density at radius 3 is 2.50 bits per heavy atom. The second-order valence-electron chi connectivity index (χ2n) is 5.16. The number of hydrogen-bond acceptors (Lipinski definition) is 5. The van der Waals surface area contributed by atoms with Crippen LogP contribution in [0.1, 0.15) is 0 Å². The number of rotatable bonds is 3. The zero-order chi connectivity index (χ0) is 16.4. The van der Waals surface area contributed by atoms with Gasteiger partial charge in [0.1, 0.15) is 29.7 Å². The van der Waals surface area contributed by atoms with Gasteiger partial charge < -0.3 is 9.15 Å². The van der Waals surface area contributed by atoms with Crippen LogP contribution in [0.25, 0.3) is 22.3 Å². The summed E-state index contributed by atoms with van der Waals surface area (Å²) in [4.78, 5) is 0. The lowest BCUT2D eigenvalue weighted by Gasteiger charge is -2.06. The molecule has 118 valence electrons. The van der Waals surface area contributed by atoms with Crippen molar-refractivity contribution in [1.29, 1.82) is 0 Å². The molecule has 0 saturated heterocycles. The summed E-state index contributed by atoms with van der Waals surface area (Å²) in [6.07, 6.45) is 3.10. The predicted molar refractivity (Wildman–Crippen MR) is 89.2 cm³/mol. The molecule has 0 radical (unpaired) electrons. The summed E-state index contributed by atoms with van der Waals surface area (Å²) in [5.74, 6) is 1.53. The maximum Gasteiger partial charge on any atom is 0.141 e. The molecule has 6 heteroatoms. The summed E-state index contributed by atoms with van der Waals surface area (Å²) in [6.45, 7) is 0. The van der Waals surface area contributed by atoms with Gasteiger partial charge in [-0.15, -0.1) is 10.2 Å². The maximum atomic E-state index is 6.04. The first-order valence-electron chi connectivity index (χ1n) is 7.40. The van der Waals surface area contributed by atoms with Crippen LogP contribution in [0.15, 0.2) is 76.8 Å². The summed E-state index contributed by atoms with van der Waals surface area (Å²) >= 11 is 0. The Morgan fingerprint density at radius 2 is 1.75 bits per heavy atom. The Morgan fingerprint density at radius 1 is 1.00 bits per heavy atom. The number of aromatic nitrogens is 3. The van der Waals surface area contributed by atoms with Gasteiger partial charge in [-0.2, -0.15) is 5.10 Å². The van der Waals surface area contributed by atoms with Crippen molar-refractivity contribution < 1.29 is 9.15 Å². The van der Waals surface area contributed by atoms with E-state index in [9.17, 15) is 0 Å². The molecule has 0 aliphatic rings. The highest BCUT2D eigenvalue weighted by atomic mass is 16.5. The van der Waals surface area contributed by atoms with Gasteiger partial charge in [-0.1, -0.05) is 12.1 Å². The quantitative estimate of drug-likeness (QED) is 0.582. The van der Waals surface area contributed by atoms with Gasteiger partial charge in [0.05, 0.1) is 12.5 Å². The van der Waals surface area contributed by atoms with Crippen molar-refractivity contribution in [3.05, 3.63) is 72.6 Å². The van der Waals surface area contributed by atoms with Gasteiger partial charge in [-0.05, 0) is 36.4 Å². The minimum Gasteiger partial charge on any atom is -0.497 e. The van der Waals surface area contributed by atoms with Crippen molar-refractivity contribution in [2.75, 3.05) is 7.11 Å². The molecule has 0 atom stereocenters. The van der Waals surface area contributed by atoms with Crippen LogP contribution in [-0.4, -0.2) is 22.0 Å². The Labute approximate surface area is 137 Å². The summed E-state index contributed by atoms with van der Waals surface area (Å²) in [6, 6.07) is 17.4. The molecule has 4 rings (SSSR count). The van der Waals surface area contributed by atoms with Crippen LogP contribution in [0.3, 0.4) is 0 Å². The second-order valence-corrected chi connectivity index (χ2v) is 5.16. The fraction of sp³-hybridized carbons (Fsp3) is 0.0556. The minimum atomic E-state index is 0.725. The van der Waals surface area contributed by atoms with Crippen molar-refractivity contribution in [2.45, 2.75) is 0 Å². The van der Waals surface area contributed by atoms with Gasteiger partial charge in [0.15, 0.2) is 0 Å². The largest absolute Gasteiger partial charge is 0.497 e. The lowest BCUT2D eigenvalue weighted by atomic mass is 10.1. The predicted octanol–water partition coefficient (Wildman–Crippen LogP) is 3.06. The maximum absolute atomic E-state index is 6.04. The Kier molecular flexibility index (Phi) is 3.55. The number of methoxy groups -OCH3 is 1. The first kappa shape index (κ1) is 14.2. The molecule has 6 nitrogen and oxygen atoms in total. The van der Waals surface area contributed by atoms with Gasteiger partial charge in [0.25, 0.3) is 0 Å². The van der Waals surface area contributed by atoms with Crippen molar-refractivity contribution in [3.63, 3.8) is 0 Å². The van der Waals surface area contributed by atoms with E-state index in [1.165, 1.54) is 0 Å². The van der Waals surface area contributed by atoms with Crippen LogP contribution in [0, 0.1) is 0 Å². The van der Waals surface area contributed by atoms with E-state index < -0.39 is 0 Å². The minimum absolute atomic E-state index is 0.725.